The van der Waals surface area contributed by atoms with Gasteiger partial charge in [-0.05, 0) is 6.42 Å². The molecule has 0 aliphatic rings. The van der Waals surface area contributed by atoms with Gasteiger partial charge >= 0.3 is 11.9 Å². The van der Waals surface area contributed by atoms with E-state index in [0.29, 0.717) is 6.42 Å². The summed E-state index contributed by atoms with van der Waals surface area (Å²) in [5.74, 6) is -1.58. The maximum Gasteiger partial charge on any atom is 0.304 e. The van der Waals surface area contributed by atoms with Crippen molar-refractivity contribution in [1.29, 1.82) is 0 Å². The van der Waals surface area contributed by atoms with Crippen molar-refractivity contribution >= 4 is 37.2 Å². The highest BCUT2D eigenvalue weighted by molar-refractivity contribution is 7.81. The van der Waals surface area contributed by atoms with Gasteiger partial charge in [-0.2, -0.15) is 25.3 Å². The Morgan fingerprint density at radius 1 is 0.950 bits per heavy atom. The summed E-state index contributed by atoms with van der Waals surface area (Å²) in [4.78, 5) is 19.5. The minimum Gasteiger partial charge on any atom is -0.481 e. The number of aliphatic hydroxyl groups is 2. The first-order valence-corrected chi connectivity index (χ1v) is 7.21. The molecule has 0 saturated carbocycles. The molecule has 0 amide bonds. The van der Waals surface area contributed by atoms with E-state index in [4.69, 9.17) is 20.4 Å². The lowest BCUT2D eigenvalue weighted by molar-refractivity contribution is -0.137. The van der Waals surface area contributed by atoms with Crippen LogP contribution in [0.25, 0.3) is 0 Å². The maximum absolute atomic E-state index is 9.76. The normalized spacial score (nSPS) is 12.4. The number of carbonyl (C=O) groups is 2. The van der Waals surface area contributed by atoms with Crippen LogP contribution < -0.4 is 0 Å². The molecule has 6 nitrogen and oxygen atoms in total. The van der Waals surface area contributed by atoms with Gasteiger partial charge in [0, 0.05) is 10.5 Å². The SMILES string of the molecule is CC(S)CC(=O)O.CC(S)CC(=O)O.CCCC(O)O. The number of carboxylic acid groups (broad SMARTS) is 2. The molecule has 0 heterocycles. The van der Waals surface area contributed by atoms with E-state index in [0.717, 1.165) is 6.42 Å². The first kappa shape index (κ1) is 24.6. The summed E-state index contributed by atoms with van der Waals surface area (Å²) in [6.45, 7) is 5.40. The zero-order valence-electron chi connectivity index (χ0n) is 12.1. The van der Waals surface area contributed by atoms with Crippen LogP contribution in [0.2, 0.25) is 0 Å². The minimum absolute atomic E-state index is 0.0301. The van der Waals surface area contributed by atoms with E-state index in [1.807, 2.05) is 6.92 Å². The first-order valence-electron chi connectivity index (χ1n) is 6.18. The van der Waals surface area contributed by atoms with E-state index in [2.05, 4.69) is 25.3 Å². The predicted molar refractivity (Wildman–Crippen MR) is 84.5 cm³/mol. The predicted octanol–water partition coefficient (Wildman–Crippen LogP) is 1.66. The third-order valence-electron chi connectivity index (χ3n) is 1.49. The van der Waals surface area contributed by atoms with Gasteiger partial charge in [0.15, 0.2) is 6.29 Å². The molecule has 0 aromatic carbocycles. The van der Waals surface area contributed by atoms with E-state index in [1.165, 1.54) is 0 Å². The van der Waals surface area contributed by atoms with Gasteiger partial charge in [-0.15, -0.1) is 0 Å². The van der Waals surface area contributed by atoms with Gasteiger partial charge in [-0.25, -0.2) is 0 Å². The fourth-order valence-electron chi connectivity index (χ4n) is 0.764. The Morgan fingerprint density at radius 3 is 1.25 bits per heavy atom. The van der Waals surface area contributed by atoms with Crippen molar-refractivity contribution in [2.24, 2.45) is 0 Å². The first-order chi connectivity index (χ1) is 9.02. The summed E-state index contributed by atoms with van der Waals surface area (Å²) in [7, 11) is 0. The van der Waals surface area contributed by atoms with Crippen molar-refractivity contribution in [3.63, 3.8) is 0 Å². The summed E-state index contributed by atoms with van der Waals surface area (Å²) < 4.78 is 0. The quantitative estimate of drug-likeness (QED) is 0.326. The Balaban J connectivity index is -0.000000218. The zero-order chi connectivity index (χ0) is 16.7. The van der Waals surface area contributed by atoms with Gasteiger partial charge in [0.2, 0.25) is 0 Å². The van der Waals surface area contributed by atoms with E-state index in [9.17, 15) is 9.59 Å². The maximum atomic E-state index is 9.76. The monoisotopic (exact) mass is 330 g/mol. The second-order valence-electron chi connectivity index (χ2n) is 4.16. The van der Waals surface area contributed by atoms with Crippen LogP contribution in [0.15, 0.2) is 0 Å². The van der Waals surface area contributed by atoms with Crippen LogP contribution in [0.5, 0.6) is 0 Å². The van der Waals surface area contributed by atoms with Crippen LogP contribution in [0.3, 0.4) is 0 Å². The van der Waals surface area contributed by atoms with Gasteiger partial charge in [0.05, 0.1) is 12.8 Å². The Bertz CT molecular complexity index is 224. The van der Waals surface area contributed by atoms with Gasteiger partial charge in [0.25, 0.3) is 0 Å². The molecular weight excluding hydrogens is 304 g/mol. The van der Waals surface area contributed by atoms with Gasteiger partial charge in [-0.3, -0.25) is 9.59 Å². The summed E-state index contributed by atoms with van der Waals surface area (Å²) in [6.07, 6.45) is 0.499. The van der Waals surface area contributed by atoms with Crippen molar-refractivity contribution in [2.75, 3.05) is 0 Å². The summed E-state index contributed by atoms with van der Waals surface area (Å²) >= 11 is 7.71. The highest BCUT2D eigenvalue weighted by Crippen LogP contribution is 1.97. The Kier molecular flexibility index (Phi) is 20.4. The molecule has 0 radical (unpaired) electrons. The molecule has 8 heteroatoms. The van der Waals surface area contributed by atoms with Gasteiger partial charge in [-0.1, -0.05) is 27.2 Å². The van der Waals surface area contributed by atoms with Crippen LogP contribution in [-0.2, 0) is 9.59 Å². The summed E-state index contributed by atoms with van der Waals surface area (Å²) in [5.41, 5.74) is 0. The second-order valence-corrected chi connectivity index (χ2v) is 5.93. The van der Waals surface area contributed by atoms with Crippen LogP contribution in [0.1, 0.15) is 46.5 Å². The second kappa shape index (κ2) is 16.6. The average molecular weight is 330 g/mol. The highest BCUT2D eigenvalue weighted by atomic mass is 32.1. The Morgan fingerprint density at radius 2 is 1.25 bits per heavy atom. The minimum atomic E-state index is -1.10. The molecule has 0 bridgehead atoms. The van der Waals surface area contributed by atoms with Crippen molar-refractivity contribution in [3.05, 3.63) is 0 Å². The van der Waals surface area contributed by atoms with Crippen LogP contribution >= 0.6 is 25.3 Å². The Labute approximate surface area is 131 Å². The van der Waals surface area contributed by atoms with Gasteiger partial charge < -0.3 is 20.4 Å². The lowest BCUT2D eigenvalue weighted by Gasteiger charge is -1.94. The molecule has 0 aromatic rings. The number of hydrogen-bond acceptors (Lipinski definition) is 6. The topological polar surface area (TPSA) is 115 Å². The van der Waals surface area contributed by atoms with Crippen molar-refractivity contribution in [2.45, 2.75) is 63.2 Å². The van der Waals surface area contributed by atoms with Crippen molar-refractivity contribution < 1.29 is 30.0 Å². The van der Waals surface area contributed by atoms with Crippen molar-refractivity contribution in [1.82, 2.24) is 0 Å². The molecule has 4 N–H and O–H groups in total. The molecule has 0 saturated heterocycles. The standard InChI is InChI=1S/2C4H8O2S.C4H10O2/c2*1-3(7)2-4(5)6;1-2-3-4(5)6/h2*3,7H,2H2,1H3,(H,5,6);4-6H,2-3H2,1H3. The van der Waals surface area contributed by atoms with Gasteiger partial charge in [0.1, 0.15) is 0 Å². The molecule has 20 heavy (non-hydrogen) atoms. The number of aliphatic carboxylic acids is 2. The third-order valence-corrected chi connectivity index (χ3v) is 1.85. The fraction of sp³-hybridized carbons (Fsp3) is 0.833. The molecule has 0 spiro atoms. The summed E-state index contributed by atoms with van der Waals surface area (Å²) in [6, 6.07) is 0. The highest BCUT2D eigenvalue weighted by Gasteiger charge is 1.99. The molecule has 0 aliphatic heterocycles. The number of carboxylic acids is 2. The van der Waals surface area contributed by atoms with Crippen molar-refractivity contribution in [3.8, 4) is 0 Å². The number of rotatable bonds is 6. The average Bonchev–Trinajstić information content (AvgIpc) is 2.13. The fourth-order valence-corrected chi connectivity index (χ4v) is 1.08. The molecule has 0 rings (SSSR count). The largest absolute Gasteiger partial charge is 0.481 e. The van der Waals surface area contributed by atoms with E-state index < -0.39 is 18.2 Å². The zero-order valence-corrected chi connectivity index (χ0v) is 13.8. The molecular formula is C12H26O6S2. The number of hydrogen-bond donors (Lipinski definition) is 6. The smallest absolute Gasteiger partial charge is 0.304 e. The number of thiol groups is 2. The molecule has 0 aliphatic carbocycles. The summed E-state index contributed by atoms with van der Waals surface area (Å²) in [5, 5.41) is 32.2. The lowest BCUT2D eigenvalue weighted by atomic mass is 10.3. The molecule has 2 atom stereocenters. The van der Waals surface area contributed by atoms with E-state index in [1.54, 1.807) is 13.8 Å². The van der Waals surface area contributed by atoms with E-state index >= 15 is 0 Å². The molecule has 0 aromatic heterocycles. The molecule has 2 unspecified atom stereocenters. The van der Waals surface area contributed by atoms with E-state index in [-0.39, 0.29) is 23.3 Å². The molecule has 122 valence electrons. The van der Waals surface area contributed by atoms with Crippen LogP contribution in [0.4, 0.5) is 0 Å². The van der Waals surface area contributed by atoms with Crippen LogP contribution in [-0.4, -0.2) is 49.2 Å². The Hall–Kier alpha value is -0.440. The lowest BCUT2D eigenvalue weighted by Crippen LogP contribution is -2.01. The number of aliphatic hydroxyl groups excluding tert-OH is 1. The van der Waals surface area contributed by atoms with Crippen LogP contribution in [0, 0.1) is 0 Å². The third kappa shape index (κ3) is 43.2. The molecule has 0 fully saturated rings.